The van der Waals surface area contributed by atoms with Gasteiger partial charge in [-0.15, -0.1) is 5.10 Å². The SMILES string of the molecule is CCCCn1cc(CNC2CC2)nn1. The first kappa shape index (κ1) is 9.65. The van der Waals surface area contributed by atoms with Crippen molar-refractivity contribution in [1.82, 2.24) is 20.3 Å². The fourth-order valence-electron chi connectivity index (χ4n) is 1.39. The van der Waals surface area contributed by atoms with Gasteiger partial charge in [-0.1, -0.05) is 18.6 Å². The monoisotopic (exact) mass is 194 g/mol. The van der Waals surface area contributed by atoms with Gasteiger partial charge < -0.3 is 5.32 Å². The summed E-state index contributed by atoms with van der Waals surface area (Å²) in [4.78, 5) is 0. The minimum Gasteiger partial charge on any atom is -0.308 e. The molecule has 1 aromatic rings. The lowest BCUT2D eigenvalue weighted by molar-refractivity contribution is 0.553. The van der Waals surface area contributed by atoms with E-state index in [9.17, 15) is 0 Å². The van der Waals surface area contributed by atoms with Gasteiger partial charge in [0.2, 0.25) is 0 Å². The van der Waals surface area contributed by atoms with Crippen LogP contribution in [0.3, 0.4) is 0 Å². The molecule has 4 heteroatoms. The van der Waals surface area contributed by atoms with Crippen LogP contribution in [-0.2, 0) is 13.1 Å². The second kappa shape index (κ2) is 4.55. The Balaban J connectivity index is 1.76. The van der Waals surface area contributed by atoms with Gasteiger partial charge in [0.15, 0.2) is 0 Å². The van der Waals surface area contributed by atoms with Crippen molar-refractivity contribution in [2.24, 2.45) is 0 Å². The Bertz CT molecular complexity index is 277. The maximum Gasteiger partial charge on any atom is 0.0964 e. The maximum absolute atomic E-state index is 4.12. The van der Waals surface area contributed by atoms with Gasteiger partial charge in [0.1, 0.15) is 0 Å². The highest BCUT2D eigenvalue weighted by Gasteiger charge is 2.20. The number of aryl methyl sites for hydroxylation is 1. The van der Waals surface area contributed by atoms with Crippen molar-refractivity contribution >= 4 is 0 Å². The average Bonchev–Trinajstić information content (AvgIpc) is 2.92. The van der Waals surface area contributed by atoms with Gasteiger partial charge >= 0.3 is 0 Å². The molecule has 1 aliphatic rings. The van der Waals surface area contributed by atoms with Crippen LogP contribution in [0.5, 0.6) is 0 Å². The van der Waals surface area contributed by atoms with Crippen LogP contribution in [0.2, 0.25) is 0 Å². The van der Waals surface area contributed by atoms with E-state index in [1.54, 1.807) is 0 Å². The van der Waals surface area contributed by atoms with Crippen LogP contribution >= 0.6 is 0 Å². The molecule has 78 valence electrons. The zero-order valence-electron chi connectivity index (χ0n) is 8.74. The van der Waals surface area contributed by atoms with E-state index in [-0.39, 0.29) is 0 Å². The predicted molar refractivity (Wildman–Crippen MR) is 54.8 cm³/mol. The highest BCUT2D eigenvalue weighted by molar-refractivity contribution is 4.94. The molecular weight excluding hydrogens is 176 g/mol. The molecule has 0 radical (unpaired) electrons. The summed E-state index contributed by atoms with van der Waals surface area (Å²) in [5.41, 5.74) is 1.06. The number of nitrogens with zero attached hydrogens (tertiary/aromatic N) is 3. The summed E-state index contributed by atoms with van der Waals surface area (Å²) in [6.07, 6.45) is 7.08. The summed E-state index contributed by atoms with van der Waals surface area (Å²) >= 11 is 0. The van der Waals surface area contributed by atoms with Gasteiger partial charge in [-0.3, -0.25) is 4.68 Å². The summed E-state index contributed by atoms with van der Waals surface area (Å²) < 4.78 is 1.94. The molecule has 0 amide bonds. The molecule has 2 rings (SSSR count). The molecule has 1 aliphatic carbocycles. The molecule has 0 aromatic carbocycles. The third-order valence-electron chi connectivity index (χ3n) is 2.48. The first-order valence-electron chi connectivity index (χ1n) is 5.51. The van der Waals surface area contributed by atoms with E-state index in [2.05, 4.69) is 22.6 Å². The summed E-state index contributed by atoms with van der Waals surface area (Å²) in [5, 5.41) is 11.6. The van der Waals surface area contributed by atoms with Crippen molar-refractivity contribution in [1.29, 1.82) is 0 Å². The first-order chi connectivity index (χ1) is 6.88. The lowest BCUT2D eigenvalue weighted by Crippen LogP contribution is -2.15. The molecule has 0 saturated heterocycles. The summed E-state index contributed by atoms with van der Waals surface area (Å²) in [7, 11) is 0. The molecule has 1 heterocycles. The van der Waals surface area contributed by atoms with Gasteiger partial charge in [-0.25, -0.2) is 0 Å². The van der Waals surface area contributed by atoms with Crippen LogP contribution < -0.4 is 5.32 Å². The van der Waals surface area contributed by atoms with Crippen LogP contribution in [0.1, 0.15) is 38.3 Å². The standard InChI is InChI=1S/C10H18N4/c1-2-3-6-14-8-10(12-13-14)7-11-9-4-5-9/h8-9,11H,2-7H2,1H3. The molecule has 0 spiro atoms. The van der Waals surface area contributed by atoms with E-state index in [0.29, 0.717) is 0 Å². The first-order valence-corrected chi connectivity index (χ1v) is 5.51. The van der Waals surface area contributed by atoms with Gasteiger partial charge in [0.05, 0.1) is 5.69 Å². The van der Waals surface area contributed by atoms with Crippen LogP contribution in [0.25, 0.3) is 0 Å². The lowest BCUT2D eigenvalue weighted by atomic mass is 10.3. The van der Waals surface area contributed by atoms with Crippen molar-refractivity contribution in [3.05, 3.63) is 11.9 Å². The minimum absolute atomic E-state index is 0.746. The third kappa shape index (κ3) is 2.80. The third-order valence-corrected chi connectivity index (χ3v) is 2.48. The Hall–Kier alpha value is -0.900. The lowest BCUT2D eigenvalue weighted by Gasteiger charge is -1.97. The Kier molecular flexibility index (Phi) is 3.14. The van der Waals surface area contributed by atoms with Crippen molar-refractivity contribution in [2.45, 2.75) is 51.7 Å². The van der Waals surface area contributed by atoms with Crippen LogP contribution in [0.4, 0.5) is 0 Å². The zero-order valence-corrected chi connectivity index (χ0v) is 8.74. The van der Waals surface area contributed by atoms with Gasteiger partial charge in [0.25, 0.3) is 0 Å². The smallest absolute Gasteiger partial charge is 0.0964 e. The number of aromatic nitrogens is 3. The number of unbranched alkanes of at least 4 members (excludes halogenated alkanes) is 1. The molecular formula is C10H18N4. The molecule has 1 fully saturated rings. The Labute approximate surface area is 84.7 Å². The predicted octanol–water partition coefficient (Wildman–Crippen LogP) is 1.33. The van der Waals surface area contributed by atoms with E-state index >= 15 is 0 Å². The van der Waals surface area contributed by atoms with E-state index in [0.717, 1.165) is 24.8 Å². The minimum atomic E-state index is 0.746. The Morgan fingerprint density at radius 3 is 3.14 bits per heavy atom. The molecule has 0 bridgehead atoms. The van der Waals surface area contributed by atoms with Crippen molar-refractivity contribution in [3.8, 4) is 0 Å². The van der Waals surface area contributed by atoms with Crippen molar-refractivity contribution < 1.29 is 0 Å². The normalized spacial score (nSPS) is 16.1. The van der Waals surface area contributed by atoms with Crippen LogP contribution in [-0.4, -0.2) is 21.0 Å². The maximum atomic E-state index is 4.12. The summed E-state index contributed by atoms with van der Waals surface area (Å²) in [6, 6.07) is 0.746. The van der Waals surface area contributed by atoms with Gasteiger partial charge in [-0.05, 0) is 19.3 Å². The van der Waals surface area contributed by atoms with Crippen molar-refractivity contribution in [2.75, 3.05) is 0 Å². The van der Waals surface area contributed by atoms with Crippen molar-refractivity contribution in [3.63, 3.8) is 0 Å². The molecule has 1 saturated carbocycles. The van der Waals surface area contributed by atoms with Crippen LogP contribution in [0.15, 0.2) is 6.20 Å². The van der Waals surface area contributed by atoms with Gasteiger partial charge in [-0.2, -0.15) is 0 Å². The number of hydrogen-bond acceptors (Lipinski definition) is 3. The van der Waals surface area contributed by atoms with E-state index in [1.165, 1.54) is 25.7 Å². The summed E-state index contributed by atoms with van der Waals surface area (Å²) in [5.74, 6) is 0. The second-order valence-corrected chi connectivity index (χ2v) is 3.98. The average molecular weight is 194 g/mol. The molecule has 0 atom stereocenters. The molecule has 0 unspecified atom stereocenters. The van der Waals surface area contributed by atoms with Crippen LogP contribution in [0, 0.1) is 0 Å². The van der Waals surface area contributed by atoms with E-state index < -0.39 is 0 Å². The number of nitrogens with one attached hydrogen (secondary N) is 1. The Morgan fingerprint density at radius 2 is 2.43 bits per heavy atom. The quantitative estimate of drug-likeness (QED) is 0.743. The second-order valence-electron chi connectivity index (χ2n) is 3.98. The molecule has 0 aliphatic heterocycles. The summed E-state index contributed by atoms with van der Waals surface area (Å²) in [6.45, 7) is 4.05. The molecule has 1 N–H and O–H groups in total. The molecule has 4 nitrogen and oxygen atoms in total. The Morgan fingerprint density at radius 1 is 1.57 bits per heavy atom. The van der Waals surface area contributed by atoms with E-state index in [1.807, 2.05) is 10.9 Å². The molecule has 14 heavy (non-hydrogen) atoms. The van der Waals surface area contributed by atoms with Gasteiger partial charge in [0, 0.05) is 25.3 Å². The number of rotatable bonds is 6. The number of hydrogen-bond donors (Lipinski definition) is 1. The highest BCUT2D eigenvalue weighted by atomic mass is 15.4. The zero-order chi connectivity index (χ0) is 9.80. The fourth-order valence-corrected chi connectivity index (χ4v) is 1.39. The van der Waals surface area contributed by atoms with E-state index in [4.69, 9.17) is 0 Å². The fraction of sp³-hybridized carbons (Fsp3) is 0.800. The topological polar surface area (TPSA) is 42.7 Å². The highest BCUT2D eigenvalue weighted by Crippen LogP contribution is 2.18. The molecule has 1 aromatic heterocycles. The largest absolute Gasteiger partial charge is 0.308 e.